The first kappa shape index (κ1) is 20.3. The van der Waals surface area contributed by atoms with Crippen LogP contribution >= 0.6 is 0 Å². The Bertz CT molecular complexity index is 1170. The van der Waals surface area contributed by atoms with Gasteiger partial charge in [-0.25, -0.2) is 9.80 Å². The van der Waals surface area contributed by atoms with Gasteiger partial charge in [0, 0.05) is 23.9 Å². The Morgan fingerprint density at radius 1 is 0.968 bits per heavy atom. The Hall–Kier alpha value is -4.00. The molecular formula is C24H21N3O4. The number of amides is 2. The van der Waals surface area contributed by atoms with Crippen molar-refractivity contribution in [1.82, 2.24) is 0 Å². The Morgan fingerprint density at radius 3 is 2.48 bits per heavy atom. The van der Waals surface area contributed by atoms with E-state index in [2.05, 4.69) is 10.4 Å². The molecule has 2 amide bonds. The summed E-state index contributed by atoms with van der Waals surface area (Å²) in [6, 6.07) is 22.1. The lowest BCUT2D eigenvalue weighted by Crippen LogP contribution is -2.37. The summed E-state index contributed by atoms with van der Waals surface area (Å²) in [5.41, 5.74) is 1.31. The zero-order chi connectivity index (χ0) is 21.8. The first-order chi connectivity index (χ1) is 15.0. The summed E-state index contributed by atoms with van der Waals surface area (Å²) < 4.78 is 5.34. The summed E-state index contributed by atoms with van der Waals surface area (Å²) in [5, 5.41) is 10.1. The first-order valence-electron chi connectivity index (χ1n) is 9.98. The SMILES string of the molecule is CC(OC(=O)C1=NN(c2ccccc2)C(=O)CC1)C(=O)Nc1cccc2ccccc12. The molecule has 0 saturated heterocycles. The number of para-hydroxylation sites is 1. The van der Waals surface area contributed by atoms with Gasteiger partial charge in [0.1, 0.15) is 5.71 Å². The smallest absolute Gasteiger partial charge is 0.355 e. The predicted molar refractivity (Wildman–Crippen MR) is 119 cm³/mol. The third-order valence-electron chi connectivity index (χ3n) is 4.97. The van der Waals surface area contributed by atoms with E-state index in [0.29, 0.717) is 11.4 Å². The first-order valence-corrected chi connectivity index (χ1v) is 9.98. The highest BCUT2D eigenvalue weighted by atomic mass is 16.5. The Kier molecular flexibility index (Phi) is 5.75. The number of ether oxygens (including phenoxy) is 1. The molecule has 4 rings (SSSR count). The summed E-state index contributed by atoms with van der Waals surface area (Å²) in [6.07, 6.45) is -0.727. The number of carbonyl (C=O) groups is 3. The molecule has 1 unspecified atom stereocenters. The average Bonchev–Trinajstić information content (AvgIpc) is 2.80. The zero-order valence-electron chi connectivity index (χ0n) is 16.9. The highest BCUT2D eigenvalue weighted by molar-refractivity contribution is 6.38. The van der Waals surface area contributed by atoms with Gasteiger partial charge in [-0.15, -0.1) is 0 Å². The van der Waals surface area contributed by atoms with Gasteiger partial charge in [0.2, 0.25) is 5.91 Å². The van der Waals surface area contributed by atoms with Crippen LogP contribution in [0.15, 0.2) is 77.9 Å². The molecule has 0 aromatic heterocycles. The highest BCUT2D eigenvalue weighted by Gasteiger charge is 2.28. The van der Waals surface area contributed by atoms with E-state index in [1.54, 1.807) is 30.3 Å². The largest absolute Gasteiger partial charge is 0.448 e. The molecule has 1 aliphatic rings. The number of hydrogen-bond donors (Lipinski definition) is 1. The topological polar surface area (TPSA) is 88.1 Å². The minimum atomic E-state index is -1.03. The van der Waals surface area contributed by atoms with Crippen molar-refractivity contribution in [3.05, 3.63) is 72.8 Å². The van der Waals surface area contributed by atoms with Crippen molar-refractivity contribution >= 4 is 45.6 Å². The van der Waals surface area contributed by atoms with Crippen LogP contribution in [0, 0.1) is 0 Å². The van der Waals surface area contributed by atoms with Crippen LogP contribution in [0.5, 0.6) is 0 Å². The van der Waals surface area contributed by atoms with Crippen LogP contribution in [0.2, 0.25) is 0 Å². The van der Waals surface area contributed by atoms with E-state index in [1.165, 1.54) is 11.9 Å². The van der Waals surface area contributed by atoms with Gasteiger partial charge in [-0.05, 0) is 30.5 Å². The normalized spacial score (nSPS) is 14.7. The van der Waals surface area contributed by atoms with Gasteiger partial charge in [0.15, 0.2) is 6.10 Å². The number of nitrogens with zero attached hydrogens (tertiary/aromatic N) is 2. The molecule has 1 aliphatic heterocycles. The number of carbonyl (C=O) groups excluding carboxylic acids is 3. The lowest BCUT2D eigenvalue weighted by molar-refractivity contribution is -0.146. The molecule has 1 heterocycles. The molecule has 0 fully saturated rings. The van der Waals surface area contributed by atoms with Gasteiger partial charge in [-0.1, -0.05) is 54.6 Å². The minimum Gasteiger partial charge on any atom is -0.448 e. The van der Waals surface area contributed by atoms with E-state index >= 15 is 0 Å². The van der Waals surface area contributed by atoms with Gasteiger partial charge in [0.05, 0.1) is 5.69 Å². The molecule has 0 radical (unpaired) electrons. The molecule has 3 aromatic rings. The second-order valence-corrected chi connectivity index (χ2v) is 7.15. The third-order valence-corrected chi connectivity index (χ3v) is 4.97. The van der Waals surface area contributed by atoms with Crippen LogP contribution in [0.4, 0.5) is 11.4 Å². The van der Waals surface area contributed by atoms with Crippen molar-refractivity contribution < 1.29 is 19.1 Å². The number of esters is 1. The second-order valence-electron chi connectivity index (χ2n) is 7.15. The Morgan fingerprint density at radius 2 is 1.68 bits per heavy atom. The van der Waals surface area contributed by atoms with E-state index in [0.717, 1.165) is 10.8 Å². The molecule has 7 nitrogen and oxygen atoms in total. The minimum absolute atomic E-state index is 0.105. The van der Waals surface area contributed by atoms with Crippen LogP contribution < -0.4 is 10.3 Å². The van der Waals surface area contributed by atoms with Gasteiger partial charge in [-0.2, -0.15) is 5.10 Å². The third kappa shape index (κ3) is 4.45. The highest BCUT2D eigenvalue weighted by Crippen LogP contribution is 2.23. The van der Waals surface area contributed by atoms with E-state index in [4.69, 9.17) is 4.74 Å². The van der Waals surface area contributed by atoms with E-state index in [9.17, 15) is 14.4 Å². The van der Waals surface area contributed by atoms with Crippen molar-refractivity contribution in [2.24, 2.45) is 5.10 Å². The number of hydrogen-bond acceptors (Lipinski definition) is 5. The monoisotopic (exact) mass is 415 g/mol. The zero-order valence-corrected chi connectivity index (χ0v) is 16.9. The maximum atomic E-state index is 12.6. The number of hydrazone groups is 1. The molecule has 1 N–H and O–H groups in total. The van der Waals surface area contributed by atoms with Crippen LogP contribution in [-0.2, 0) is 19.1 Å². The average molecular weight is 415 g/mol. The fraction of sp³-hybridized carbons (Fsp3) is 0.167. The number of rotatable bonds is 5. The van der Waals surface area contributed by atoms with Gasteiger partial charge in [0.25, 0.3) is 5.91 Å². The standard InChI is InChI=1S/C24H21N3O4/c1-16(23(29)25-20-13-7-9-17-8-5-6-12-19(17)20)31-24(30)21-14-15-22(28)27(26-21)18-10-3-2-4-11-18/h2-13,16H,14-15H2,1H3,(H,25,29). The fourth-order valence-corrected chi connectivity index (χ4v) is 3.32. The van der Waals surface area contributed by atoms with Gasteiger partial charge < -0.3 is 10.1 Å². The van der Waals surface area contributed by atoms with Gasteiger partial charge >= 0.3 is 5.97 Å². The van der Waals surface area contributed by atoms with Gasteiger partial charge in [-0.3, -0.25) is 9.59 Å². The molecule has 0 spiro atoms. The summed E-state index contributed by atoms with van der Waals surface area (Å²) >= 11 is 0. The quantitative estimate of drug-likeness (QED) is 0.641. The Balaban J connectivity index is 1.45. The summed E-state index contributed by atoms with van der Waals surface area (Å²) in [7, 11) is 0. The molecular weight excluding hydrogens is 394 g/mol. The second kappa shape index (κ2) is 8.79. The van der Waals surface area contributed by atoms with Crippen molar-refractivity contribution in [3.8, 4) is 0 Å². The summed E-state index contributed by atoms with van der Waals surface area (Å²) in [6.45, 7) is 1.50. The number of benzene rings is 3. The number of nitrogens with one attached hydrogen (secondary N) is 1. The molecule has 156 valence electrons. The maximum Gasteiger partial charge on any atom is 0.355 e. The molecule has 1 atom stereocenters. The lowest BCUT2D eigenvalue weighted by atomic mass is 10.1. The molecule has 3 aromatic carbocycles. The Labute approximate surface area is 179 Å². The van der Waals surface area contributed by atoms with Crippen LogP contribution in [0.3, 0.4) is 0 Å². The summed E-state index contributed by atoms with van der Waals surface area (Å²) in [5.74, 6) is -1.37. The molecule has 7 heteroatoms. The van der Waals surface area contributed by atoms with E-state index < -0.39 is 18.0 Å². The van der Waals surface area contributed by atoms with Crippen LogP contribution in [-0.4, -0.2) is 29.6 Å². The van der Waals surface area contributed by atoms with Crippen LogP contribution in [0.25, 0.3) is 10.8 Å². The van der Waals surface area contributed by atoms with Crippen molar-refractivity contribution in [1.29, 1.82) is 0 Å². The van der Waals surface area contributed by atoms with Crippen molar-refractivity contribution in [2.45, 2.75) is 25.9 Å². The maximum absolute atomic E-state index is 12.6. The van der Waals surface area contributed by atoms with Crippen LogP contribution in [0.1, 0.15) is 19.8 Å². The van der Waals surface area contributed by atoms with Crippen molar-refractivity contribution in [2.75, 3.05) is 10.3 Å². The molecule has 0 bridgehead atoms. The van der Waals surface area contributed by atoms with Crippen molar-refractivity contribution in [3.63, 3.8) is 0 Å². The molecule has 0 aliphatic carbocycles. The van der Waals surface area contributed by atoms with E-state index in [1.807, 2.05) is 42.5 Å². The fourth-order valence-electron chi connectivity index (χ4n) is 3.32. The summed E-state index contributed by atoms with van der Waals surface area (Å²) in [4.78, 5) is 37.4. The number of anilines is 2. The molecule has 0 saturated carbocycles. The predicted octanol–water partition coefficient (Wildman–Crippen LogP) is 3.89. The number of fused-ring (bicyclic) bond motifs is 1. The molecule has 31 heavy (non-hydrogen) atoms. The van der Waals surface area contributed by atoms with E-state index in [-0.39, 0.29) is 24.5 Å². The lowest BCUT2D eigenvalue weighted by Gasteiger charge is -2.23.